The highest BCUT2D eigenvalue weighted by molar-refractivity contribution is 6.81. The van der Waals surface area contributed by atoms with Gasteiger partial charge in [-0.25, -0.2) is 9.97 Å². The van der Waals surface area contributed by atoms with E-state index >= 15 is 0 Å². The molecular weight excluding hydrogens is 322 g/mol. The van der Waals surface area contributed by atoms with Crippen molar-refractivity contribution in [3.05, 3.63) is 60.2 Å². The number of hydrogen-bond acceptors (Lipinski definition) is 2. The fraction of sp³-hybridized carbons (Fsp3) is 0.333. The molecule has 3 rings (SSSR count). The molecule has 0 fully saturated rings. The molecule has 0 aliphatic heterocycles. The first-order chi connectivity index (χ1) is 12.0. The van der Waals surface area contributed by atoms with Gasteiger partial charge < -0.3 is 0 Å². The lowest BCUT2D eigenvalue weighted by atomic mass is 10.1. The predicted molar refractivity (Wildman–Crippen MR) is 110 cm³/mol. The summed E-state index contributed by atoms with van der Waals surface area (Å²) in [7, 11) is -1.34. The van der Waals surface area contributed by atoms with E-state index < -0.39 is 8.07 Å². The van der Waals surface area contributed by atoms with Crippen molar-refractivity contribution in [2.45, 2.75) is 45.8 Å². The summed E-state index contributed by atoms with van der Waals surface area (Å²) in [6, 6.07) is 12.7. The zero-order valence-corrected chi connectivity index (χ0v) is 16.7. The van der Waals surface area contributed by atoms with Gasteiger partial charge in [0.1, 0.15) is 0 Å². The Kier molecular flexibility index (Phi) is 5.18. The van der Waals surface area contributed by atoms with Gasteiger partial charge in [0.05, 0.1) is 19.3 Å². The van der Waals surface area contributed by atoms with Crippen LogP contribution in [-0.4, -0.2) is 22.6 Å². The van der Waals surface area contributed by atoms with Crippen LogP contribution in [0.5, 0.6) is 0 Å². The van der Waals surface area contributed by atoms with Gasteiger partial charge in [-0.2, -0.15) is 0 Å². The maximum atomic E-state index is 4.53. The molecule has 0 unspecified atom stereocenters. The number of rotatable bonds is 6. The minimum Gasteiger partial charge on any atom is -0.278 e. The first kappa shape index (κ1) is 17.6. The topological polar surface area (TPSA) is 30.7 Å². The van der Waals surface area contributed by atoms with Crippen LogP contribution in [0.4, 0.5) is 0 Å². The van der Waals surface area contributed by atoms with E-state index in [1.165, 1.54) is 35.0 Å². The van der Waals surface area contributed by atoms with E-state index in [4.69, 9.17) is 0 Å². The molecule has 1 aromatic carbocycles. The van der Waals surface area contributed by atoms with Crippen LogP contribution in [0.15, 0.2) is 54.5 Å². The zero-order valence-electron chi connectivity index (χ0n) is 15.7. The number of unbranched alkanes of at least 4 members (excludes halogenated alkanes) is 1. The first-order valence-corrected chi connectivity index (χ1v) is 12.7. The first-order valence-electron chi connectivity index (χ1n) is 9.09. The molecule has 0 spiro atoms. The van der Waals surface area contributed by atoms with E-state index in [1.807, 2.05) is 18.5 Å². The lowest BCUT2D eigenvalue weighted by Gasteiger charge is -2.17. The van der Waals surface area contributed by atoms with Crippen LogP contribution in [0.2, 0.25) is 19.6 Å². The Hall–Kier alpha value is -2.20. The maximum Gasteiger partial charge on any atom is 0.234 e. The van der Waals surface area contributed by atoms with Crippen molar-refractivity contribution in [3.8, 4) is 5.95 Å². The summed E-state index contributed by atoms with van der Waals surface area (Å²) in [6.45, 7) is 9.43. The van der Waals surface area contributed by atoms with Crippen LogP contribution in [-0.2, 0) is 0 Å². The smallest absolute Gasteiger partial charge is 0.234 e. The molecule has 0 aliphatic carbocycles. The SMILES string of the molecule is CCCC/C(=C\[Si](C)(C)C)c1cc2ccccc2n1-c1ncccn1. The van der Waals surface area contributed by atoms with Gasteiger partial charge in [0.25, 0.3) is 0 Å². The minimum atomic E-state index is -1.34. The van der Waals surface area contributed by atoms with E-state index in [0.29, 0.717) is 0 Å². The van der Waals surface area contributed by atoms with Gasteiger partial charge in [-0.1, -0.05) is 56.9 Å². The molecule has 0 aliphatic rings. The normalized spacial score (nSPS) is 12.7. The van der Waals surface area contributed by atoms with Gasteiger partial charge in [-0.15, -0.1) is 0 Å². The van der Waals surface area contributed by atoms with Crippen molar-refractivity contribution < 1.29 is 0 Å². The highest BCUT2D eigenvalue weighted by Crippen LogP contribution is 2.31. The van der Waals surface area contributed by atoms with Crippen LogP contribution in [0.1, 0.15) is 31.9 Å². The van der Waals surface area contributed by atoms with Crippen molar-refractivity contribution in [1.82, 2.24) is 14.5 Å². The summed E-state index contributed by atoms with van der Waals surface area (Å²) < 4.78 is 2.22. The van der Waals surface area contributed by atoms with Gasteiger partial charge in [0.15, 0.2) is 0 Å². The van der Waals surface area contributed by atoms with E-state index in [9.17, 15) is 0 Å². The van der Waals surface area contributed by atoms with Crippen LogP contribution < -0.4 is 0 Å². The Morgan fingerprint density at radius 2 is 1.80 bits per heavy atom. The van der Waals surface area contributed by atoms with Gasteiger partial charge in [-0.3, -0.25) is 4.57 Å². The summed E-state index contributed by atoms with van der Waals surface area (Å²) in [5.74, 6) is 0.747. The van der Waals surface area contributed by atoms with Crippen LogP contribution in [0.3, 0.4) is 0 Å². The van der Waals surface area contributed by atoms with E-state index in [1.54, 1.807) is 0 Å². The lowest BCUT2D eigenvalue weighted by Crippen LogP contribution is -2.17. The molecule has 2 heterocycles. The number of allylic oxidation sites excluding steroid dienone is 1. The number of para-hydroxylation sites is 1. The van der Waals surface area contributed by atoms with Crippen molar-refractivity contribution in [2.75, 3.05) is 0 Å². The number of fused-ring (bicyclic) bond motifs is 1. The van der Waals surface area contributed by atoms with Crippen molar-refractivity contribution in [3.63, 3.8) is 0 Å². The summed E-state index contributed by atoms with van der Waals surface area (Å²) in [4.78, 5) is 9.05. The molecule has 25 heavy (non-hydrogen) atoms. The molecular formula is C21H27N3Si. The molecule has 0 radical (unpaired) electrons. The average Bonchev–Trinajstić information content (AvgIpc) is 2.98. The molecule has 130 valence electrons. The number of aromatic nitrogens is 3. The molecule has 2 aromatic heterocycles. The van der Waals surface area contributed by atoms with Gasteiger partial charge in [-0.05, 0) is 36.6 Å². The molecule has 3 nitrogen and oxygen atoms in total. The Morgan fingerprint density at radius 3 is 2.48 bits per heavy atom. The summed E-state index contributed by atoms with van der Waals surface area (Å²) in [5.41, 5.74) is 6.38. The van der Waals surface area contributed by atoms with Crippen molar-refractivity contribution >= 4 is 24.5 Å². The van der Waals surface area contributed by atoms with Crippen molar-refractivity contribution in [2.24, 2.45) is 0 Å². The second kappa shape index (κ2) is 7.36. The van der Waals surface area contributed by atoms with Crippen LogP contribution in [0, 0.1) is 0 Å². The zero-order chi connectivity index (χ0) is 17.9. The highest BCUT2D eigenvalue weighted by Gasteiger charge is 2.18. The molecule has 3 aromatic rings. The fourth-order valence-electron chi connectivity index (χ4n) is 3.18. The summed E-state index contributed by atoms with van der Waals surface area (Å²) >= 11 is 0. The maximum absolute atomic E-state index is 4.53. The third-order valence-corrected chi connectivity index (χ3v) is 5.41. The molecule has 0 atom stereocenters. The second-order valence-corrected chi connectivity index (χ2v) is 12.6. The number of hydrogen-bond donors (Lipinski definition) is 0. The largest absolute Gasteiger partial charge is 0.278 e. The summed E-state index contributed by atoms with van der Waals surface area (Å²) in [6.07, 6.45) is 7.13. The number of benzene rings is 1. The molecule has 0 bridgehead atoms. The van der Waals surface area contributed by atoms with Crippen LogP contribution in [0.25, 0.3) is 22.4 Å². The van der Waals surface area contributed by atoms with Crippen molar-refractivity contribution in [1.29, 1.82) is 0 Å². The Balaban J connectivity index is 2.25. The average molecular weight is 350 g/mol. The molecule has 0 amide bonds. The van der Waals surface area contributed by atoms with E-state index in [2.05, 4.69) is 77.1 Å². The van der Waals surface area contributed by atoms with E-state index in [-0.39, 0.29) is 0 Å². The summed E-state index contributed by atoms with van der Waals surface area (Å²) in [5, 5.41) is 1.24. The molecule has 0 saturated heterocycles. The van der Waals surface area contributed by atoms with Gasteiger partial charge >= 0.3 is 0 Å². The van der Waals surface area contributed by atoms with E-state index in [0.717, 1.165) is 12.4 Å². The third-order valence-electron chi connectivity index (χ3n) is 4.20. The predicted octanol–water partition coefficient (Wildman–Crippen LogP) is 5.87. The standard InChI is InChI=1S/C21H27N3Si/c1-5-6-10-18(16-25(2,3)4)20-15-17-11-7-8-12-19(17)24(20)21-22-13-9-14-23-21/h7-9,11-16H,5-6,10H2,1-4H3/b18-16+. The molecule has 4 heteroatoms. The van der Waals surface area contributed by atoms with Gasteiger partial charge in [0.2, 0.25) is 5.95 Å². The quantitative estimate of drug-likeness (QED) is 0.521. The van der Waals surface area contributed by atoms with Gasteiger partial charge in [0, 0.05) is 17.8 Å². The second-order valence-electron chi connectivity index (χ2n) is 7.61. The monoisotopic (exact) mass is 349 g/mol. The third kappa shape index (κ3) is 4.07. The highest BCUT2D eigenvalue weighted by atomic mass is 28.3. The fourth-order valence-corrected chi connectivity index (χ4v) is 4.52. The Labute approximate surface area is 151 Å². The molecule has 0 N–H and O–H groups in total. The Morgan fingerprint density at radius 1 is 1.08 bits per heavy atom. The Bertz CT molecular complexity index is 873. The minimum absolute atomic E-state index is 0.747. The number of nitrogens with zero attached hydrogens (tertiary/aromatic N) is 3. The lowest BCUT2D eigenvalue weighted by molar-refractivity contribution is 0.817. The molecule has 0 saturated carbocycles. The van der Waals surface area contributed by atoms with Crippen LogP contribution >= 0.6 is 0 Å².